The lowest BCUT2D eigenvalue weighted by Gasteiger charge is -2.37. The molecule has 0 aliphatic carbocycles. The summed E-state index contributed by atoms with van der Waals surface area (Å²) in [5.74, 6) is 1.39. The molecule has 15 heavy (non-hydrogen) atoms. The fraction of sp³-hybridized carbons (Fsp3) is 1.00. The van der Waals surface area contributed by atoms with Gasteiger partial charge in [-0.05, 0) is 52.1 Å². The first-order valence-corrected chi connectivity index (χ1v) is 6.24. The average molecular weight is 214 g/mol. The van der Waals surface area contributed by atoms with E-state index in [1.54, 1.807) is 0 Å². The lowest BCUT2D eigenvalue weighted by Crippen LogP contribution is -2.44. The number of hydrogen-bond donors (Lipinski definition) is 1. The van der Waals surface area contributed by atoms with Crippen LogP contribution in [-0.2, 0) is 0 Å². The first-order chi connectivity index (χ1) is 6.83. The van der Waals surface area contributed by atoms with Crippen molar-refractivity contribution in [1.29, 1.82) is 0 Å². The Morgan fingerprint density at radius 1 is 1.27 bits per heavy atom. The zero-order valence-electron chi connectivity index (χ0n) is 11.5. The molecule has 0 fully saturated rings. The molecule has 1 atom stereocenters. The highest BCUT2D eigenvalue weighted by Crippen LogP contribution is 2.20. The van der Waals surface area contributed by atoms with Gasteiger partial charge >= 0.3 is 0 Å². The zero-order valence-corrected chi connectivity index (χ0v) is 11.5. The van der Waals surface area contributed by atoms with Crippen molar-refractivity contribution in [2.45, 2.75) is 53.0 Å². The molecule has 0 radical (unpaired) electrons. The van der Waals surface area contributed by atoms with Gasteiger partial charge in [0.05, 0.1) is 0 Å². The monoisotopic (exact) mass is 214 g/mol. The minimum atomic E-state index is 0.296. The van der Waals surface area contributed by atoms with E-state index in [4.69, 9.17) is 5.73 Å². The van der Waals surface area contributed by atoms with Crippen LogP contribution in [0.1, 0.15) is 47.5 Å². The SMILES string of the molecule is CCC(C)(C)N(C)CC(CN)CC(C)C. The van der Waals surface area contributed by atoms with Gasteiger partial charge in [0.15, 0.2) is 0 Å². The minimum Gasteiger partial charge on any atom is -0.330 e. The van der Waals surface area contributed by atoms with Crippen molar-refractivity contribution in [3.05, 3.63) is 0 Å². The summed E-state index contributed by atoms with van der Waals surface area (Å²) in [6.07, 6.45) is 2.42. The summed E-state index contributed by atoms with van der Waals surface area (Å²) in [4.78, 5) is 2.45. The maximum Gasteiger partial charge on any atom is 0.0147 e. The summed E-state index contributed by atoms with van der Waals surface area (Å²) in [6.45, 7) is 13.3. The molecule has 2 nitrogen and oxygen atoms in total. The van der Waals surface area contributed by atoms with Crippen molar-refractivity contribution in [1.82, 2.24) is 4.90 Å². The van der Waals surface area contributed by atoms with Gasteiger partial charge < -0.3 is 10.6 Å². The molecule has 0 amide bonds. The topological polar surface area (TPSA) is 29.3 Å². The second kappa shape index (κ2) is 6.49. The van der Waals surface area contributed by atoms with E-state index in [2.05, 4.69) is 46.6 Å². The molecule has 0 rings (SSSR count). The summed E-state index contributed by atoms with van der Waals surface area (Å²) < 4.78 is 0. The van der Waals surface area contributed by atoms with E-state index in [0.29, 0.717) is 11.5 Å². The van der Waals surface area contributed by atoms with Crippen molar-refractivity contribution >= 4 is 0 Å². The second-order valence-electron chi connectivity index (χ2n) is 5.78. The van der Waals surface area contributed by atoms with Gasteiger partial charge in [-0.25, -0.2) is 0 Å². The van der Waals surface area contributed by atoms with Crippen molar-refractivity contribution in [3.8, 4) is 0 Å². The van der Waals surface area contributed by atoms with E-state index in [9.17, 15) is 0 Å². The van der Waals surface area contributed by atoms with E-state index in [-0.39, 0.29) is 0 Å². The highest BCUT2D eigenvalue weighted by molar-refractivity contribution is 4.79. The second-order valence-corrected chi connectivity index (χ2v) is 5.78. The molecular weight excluding hydrogens is 184 g/mol. The number of rotatable bonds is 7. The van der Waals surface area contributed by atoms with Crippen LogP contribution in [0, 0.1) is 11.8 Å². The van der Waals surface area contributed by atoms with E-state index in [0.717, 1.165) is 19.0 Å². The molecule has 1 unspecified atom stereocenters. The van der Waals surface area contributed by atoms with E-state index in [1.807, 2.05) is 0 Å². The van der Waals surface area contributed by atoms with Crippen LogP contribution in [0.25, 0.3) is 0 Å². The molecule has 0 saturated carbocycles. The number of nitrogens with zero attached hydrogens (tertiary/aromatic N) is 1. The first kappa shape index (κ1) is 14.9. The van der Waals surface area contributed by atoms with Crippen LogP contribution < -0.4 is 5.73 Å². The standard InChI is InChI=1S/C13H30N2/c1-7-13(4,5)15(6)10-12(9-14)8-11(2)3/h11-12H,7-10,14H2,1-6H3. The van der Waals surface area contributed by atoms with Gasteiger partial charge in [0, 0.05) is 12.1 Å². The lowest BCUT2D eigenvalue weighted by atomic mass is 9.93. The maximum absolute atomic E-state index is 5.83. The van der Waals surface area contributed by atoms with Gasteiger partial charge in [0.2, 0.25) is 0 Å². The molecule has 0 aliphatic heterocycles. The molecule has 0 aromatic carbocycles. The van der Waals surface area contributed by atoms with Gasteiger partial charge in [0.1, 0.15) is 0 Å². The molecular formula is C13H30N2. The fourth-order valence-electron chi connectivity index (χ4n) is 1.82. The molecule has 0 bridgehead atoms. The number of nitrogens with two attached hydrogens (primary N) is 1. The Morgan fingerprint density at radius 2 is 1.80 bits per heavy atom. The molecule has 0 spiro atoms. The smallest absolute Gasteiger partial charge is 0.0147 e. The van der Waals surface area contributed by atoms with E-state index >= 15 is 0 Å². The van der Waals surface area contributed by atoms with Crippen LogP contribution in [-0.4, -0.2) is 30.6 Å². The first-order valence-electron chi connectivity index (χ1n) is 6.24. The predicted octanol–water partition coefficient (Wildman–Crippen LogP) is 2.73. The van der Waals surface area contributed by atoms with Crippen LogP contribution in [0.5, 0.6) is 0 Å². The van der Waals surface area contributed by atoms with Gasteiger partial charge in [-0.1, -0.05) is 20.8 Å². The molecule has 2 heteroatoms. The predicted molar refractivity (Wildman–Crippen MR) is 69.0 cm³/mol. The summed E-state index contributed by atoms with van der Waals surface area (Å²) in [6, 6.07) is 0. The maximum atomic E-state index is 5.83. The molecule has 0 aliphatic rings. The third-order valence-corrected chi connectivity index (χ3v) is 3.57. The van der Waals surface area contributed by atoms with Crippen LogP contribution in [0.15, 0.2) is 0 Å². The highest BCUT2D eigenvalue weighted by Gasteiger charge is 2.23. The Morgan fingerprint density at radius 3 is 2.13 bits per heavy atom. The van der Waals surface area contributed by atoms with Crippen LogP contribution >= 0.6 is 0 Å². The Labute approximate surface area is 96.2 Å². The zero-order chi connectivity index (χ0) is 12.1. The van der Waals surface area contributed by atoms with Crippen molar-refractivity contribution in [2.24, 2.45) is 17.6 Å². The van der Waals surface area contributed by atoms with Crippen LogP contribution in [0.4, 0.5) is 0 Å². The molecule has 0 heterocycles. The molecule has 0 saturated heterocycles. The summed E-state index contributed by atoms with van der Waals surface area (Å²) in [5, 5.41) is 0. The highest BCUT2D eigenvalue weighted by atomic mass is 15.2. The molecule has 0 aromatic rings. The lowest BCUT2D eigenvalue weighted by molar-refractivity contribution is 0.123. The Balaban J connectivity index is 4.17. The van der Waals surface area contributed by atoms with Crippen molar-refractivity contribution in [3.63, 3.8) is 0 Å². The molecule has 2 N–H and O–H groups in total. The van der Waals surface area contributed by atoms with Crippen molar-refractivity contribution in [2.75, 3.05) is 20.1 Å². The summed E-state index contributed by atoms with van der Waals surface area (Å²) in [5.41, 5.74) is 6.12. The summed E-state index contributed by atoms with van der Waals surface area (Å²) >= 11 is 0. The normalized spacial score (nSPS) is 15.0. The van der Waals surface area contributed by atoms with E-state index in [1.165, 1.54) is 12.8 Å². The summed E-state index contributed by atoms with van der Waals surface area (Å²) in [7, 11) is 2.21. The molecule has 0 aromatic heterocycles. The van der Waals surface area contributed by atoms with Gasteiger partial charge in [0.25, 0.3) is 0 Å². The third kappa shape index (κ3) is 5.53. The largest absolute Gasteiger partial charge is 0.330 e. The van der Waals surface area contributed by atoms with Crippen LogP contribution in [0.2, 0.25) is 0 Å². The van der Waals surface area contributed by atoms with Crippen molar-refractivity contribution < 1.29 is 0 Å². The Hall–Kier alpha value is -0.0800. The fourth-order valence-corrected chi connectivity index (χ4v) is 1.82. The quantitative estimate of drug-likeness (QED) is 0.706. The van der Waals surface area contributed by atoms with Gasteiger partial charge in [-0.15, -0.1) is 0 Å². The van der Waals surface area contributed by atoms with Crippen LogP contribution in [0.3, 0.4) is 0 Å². The third-order valence-electron chi connectivity index (χ3n) is 3.57. The number of hydrogen-bond acceptors (Lipinski definition) is 2. The minimum absolute atomic E-state index is 0.296. The Kier molecular flexibility index (Phi) is 6.46. The van der Waals surface area contributed by atoms with Gasteiger partial charge in [-0.3, -0.25) is 0 Å². The van der Waals surface area contributed by atoms with Gasteiger partial charge in [-0.2, -0.15) is 0 Å². The Bertz CT molecular complexity index is 164. The molecule has 92 valence electrons. The van der Waals surface area contributed by atoms with E-state index < -0.39 is 0 Å². The average Bonchev–Trinajstić information content (AvgIpc) is 2.15.